The molecule has 26 heavy (non-hydrogen) atoms. The molecule has 0 bridgehead atoms. The Bertz CT molecular complexity index is 676. The Kier molecular flexibility index (Phi) is 5.93. The van der Waals surface area contributed by atoms with Crippen LogP contribution in [0.3, 0.4) is 0 Å². The predicted molar refractivity (Wildman–Crippen MR) is 101 cm³/mol. The Hall–Kier alpha value is -1.93. The molecule has 2 amide bonds. The highest BCUT2D eigenvalue weighted by molar-refractivity contribution is 8.00. The van der Waals surface area contributed by atoms with Crippen molar-refractivity contribution in [2.45, 2.75) is 5.37 Å². The first-order valence-corrected chi connectivity index (χ1v) is 9.67. The Morgan fingerprint density at radius 2 is 1.92 bits per heavy atom. The number of amides is 2. The van der Waals surface area contributed by atoms with Crippen LogP contribution in [0.4, 0.5) is 0 Å². The van der Waals surface area contributed by atoms with Gasteiger partial charge in [0.15, 0.2) is 0 Å². The molecule has 8 heteroatoms. The Labute approximate surface area is 158 Å². The molecule has 0 radical (unpaired) electrons. The fraction of sp³-hybridized carbons (Fsp3) is 0.556. The number of carbonyl (C=O) groups excluding carboxylic acids is 2. The van der Waals surface area contributed by atoms with Crippen LogP contribution in [0.15, 0.2) is 18.2 Å². The molecule has 2 aliphatic rings. The predicted octanol–water partition coefficient (Wildman–Crippen LogP) is 1.05. The third-order valence-corrected chi connectivity index (χ3v) is 6.07. The molecule has 0 N–H and O–H groups in total. The van der Waals surface area contributed by atoms with E-state index in [9.17, 15) is 9.59 Å². The first-order valence-electron chi connectivity index (χ1n) is 8.62. The van der Waals surface area contributed by atoms with E-state index < -0.39 is 0 Å². The molecule has 0 unspecified atom stereocenters. The van der Waals surface area contributed by atoms with Gasteiger partial charge < -0.3 is 24.2 Å². The molecule has 7 nitrogen and oxygen atoms in total. The van der Waals surface area contributed by atoms with Crippen molar-refractivity contribution in [1.29, 1.82) is 0 Å². The molecule has 0 saturated carbocycles. The topological polar surface area (TPSA) is 62.3 Å². The number of piperazine rings is 1. The van der Waals surface area contributed by atoms with Crippen LogP contribution >= 0.6 is 11.8 Å². The van der Waals surface area contributed by atoms with Gasteiger partial charge in [-0.1, -0.05) is 0 Å². The van der Waals surface area contributed by atoms with Crippen molar-refractivity contribution >= 4 is 23.6 Å². The van der Waals surface area contributed by atoms with Crippen LogP contribution in [-0.4, -0.2) is 86.3 Å². The maximum absolute atomic E-state index is 12.7. The number of benzene rings is 1. The zero-order chi connectivity index (χ0) is 18.7. The van der Waals surface area contributed by atoms with Crippen molar-refractivity contribution in [2.24, 2.45) is 0 Å². The summed E-state index contributed by atoms with van der Waals surface area (Å²) in [4.78, 5) is 30.8. The fourth-order valence-corrected chi connectivity index (χ4v) is 4.42. The van der Waals surface area contributed by atoms with Crippen LogP contribution in [0.2, 0.25) is 0 Å². The third kappa shape index (κ3) is 3.91. The summed E-state index contributed by atoms with van der Waals surface area (Å²) in [5.74, 6) is 1.73. The van der Waals surface area contributed by atoms with Crippen molar-refractivity contribution in [3.8, 4) is 11.5 Å². The van der Waals surface area contributed by atoms with E-state index in [-0.39, 0.29) is 23.7 Å². The number of thioether (sulfide) groups is 1. The van der Waals surface area contributed by atoms with Crippen molar-refractivity contribution in [3.63, 3.8) is 0 Å². The second-order valence-corrected chi connectivity index (χ2v) is 7.55. The lowest BCUT2D eigenvalue weighted by Crippen LogP contribution is -2.50. The molecule has 2 fully saturated rings. The molecular weight excluding hydrogens is 354 g/mol. The minimum Gasteiger partial charge on any atom is -0.497 e. The molecule has 0 aromatic heterocycles. The molecule has 2 heterocycles. The maximum Gasteiger partial charge on any atom is 0.242 e. The van der Waals surface area contributed by atoms with E-state index in [1.165, 1.54) is 11.8 Å². The van der Waals surface area contributed by atoms with Crippen LogP contribution in [0.5, 0.6) is 11.5 Å². The minimum absolute atomic E-state index is 0.000753. The van der Waals surface area contributed by atoms with Gasteiger partial charge in [0.2, 0.25) is 11.8 Å². The Morgan fingerprint density at radius 1 is 1.19 bits per heavy atom. The summed E-state index contributed by atoms with van der Waals surface area (Å²) in [6.45, 7) is 3.24. The van der Waals surface area contributed by atoms with E-state index >= 15 is 0 Å². The summed E-state index contributed by atoms with van der Waals surface area (Å²) in [5.41, 5.74) is 0.855. The molecule has 1 atom stereocenters. The van der Waals surface area contributed by atoms with Crippen LogP contribution in [0.1, 0.15) is 10.9 Å². The summed E-state index contributed by atoms with van der Waals surface area (Å²) in [6.07, 6.45) is 0. The van der Waals surface area contributed by atoms with E-state index in [0.29, 0.717) is 30.3 Å². The molecule has 0 spiro atoms. The molecule has 1 aromatic carbocycles. The van der Waals surface area contributed by atoms with Gasteiger partial charge in [-0.15, -0.1) is 11.8 Å². The second-order valence-electron chi connectivity index (χ2n) is 6.48. The van der Waals surface area contributed by atoms with Crippen LogP contribution in [0.25, 0.3) is 0 Å². The molecule has 2 saturated heterocycles. The lowest BCUT2D eigenvalue weighted by molar-refractivity contribution is -0.140. The number of hydrogen-bond acceptors (Lipinski definition) is 6. The maximum atomic E-state index is 12.7. The average Bonchev–Trinajstić information content (AvgIpc) is 3.02. The van der Waals surface area contributed by atoms with Crippen molar-refractivity contribution in [2.75, 3.05) is 59.7 Å². The Morgan fingerprint density at radius 3 is 2.58 bits per heavy atom. The number of methoxy groups -OCH3 is 2. The summed E-state index contributed by atoms with van der Waals surface area (Å²) in [5, 5.41) is -0.246. The highest BCUT2D eigenvalue weighted by Gasteiger charge is 2.37. The van der Waals surface area contributed by atoms with Crippen molar-refractivity contribution < 1.29 is 19.1 Å². The zero-order valence-electron chi connectivity index (χ0n) is 15.4. The van der Waals surface area contributed by atoms with Gasteiger partial charge in [0.25, 0.3) is 0 Å². The largest absolute Gasteiger partial charge is 0.497 e. The molecular formula is C18H25N3O4S. The van der Waals surface area contributed by atoms with E-state index in [0.717, 1.165) is 18.7 Å². The van der Waals surface area contributed by atoms with Gasteiger partial charge >= 0.3 is 0 Å². The van der Waals surface area contributed by atoms with Gasteiger partial charge in [-0.05, 0) is 25.2 Å². The van der Waals surface area contributed by atoms with Gasteiger partial charge in [-0.25, -0.2) is 0 Å². The number of rotatable bonds is 5. The minimum atomic E-state index is -0.246. The van der Waals surface area contributed by atoms with E-state index in [2.05, 4.69) is 4.90 Å². The lowest BCUT2D eigenvalue weighted by Gasteiger charge is -2.34. The van der Waals surface area contributed by atoms with Crippen molar-refractivity contribution in [1.82, 2.24) is 14.7 Å². The smallest absolute Gasteiger partial charge is 0.242 e. The van der Waals surface area contributed by atoms with Gasteiger partial charge in [0.05, 0.1) is 20.0 Å². The SMILES string of the molecule is COc1ccc(OC)c([C@@H]2SCC(=O)N2CC(=O)N2CCN(C)CC2)c1. The van der Waals surface area contributed by atoms with Crippen LogP contribution < -0.4 is 9.47 Å². The number of likely N-dealkylation sites (N-methyl/N-ethyl adjacent to an activating group) is 1. The summed E-state index contributed by atoms with van der Waals surface area (Å²) < 4.78 is 10.8. The molecule has 1 aromatic rings. The van der Waals surface area contributed by atoms with Gasteiger partial charge in [0.1, 0.15) is 23.4 Å². The lowest BCUT2D eigenvalue weighted by atomic mass is 10.1. The summed E-state index contributed by atoms with van der Waals surface area (Å²) >= 11 is 1.51. The first kappa shape index (κ1) is 18.8. The van der Waals surface area contributed by atoms with E-state index in [1.807, 2.05) is 30.1 Å². The second kappa shape index (κ2) is 8.18. The zero-order valence-corrected chi connectivity index (χ0v) is 16.3. The van der Waals surface area contributed by atoms with E-state index in [1.54, 1.807) is 19.1 Å². The summed E-state index contributed by atoms with van der Waals surface area (Å²) in [7, 11) is 5.26. The summed E-state index contributed by atoms with van der Waals surface area (Å²) in [6, 6.07) is 5.53. The number of ether oxygens (including phenoxy) is 2. The van der Waals surface area contributed by atoms with Crippen LogP contribution in [0, 0.1) is 0 Å². The molecule has 3 rings (SSSR count). The monoisotopic (exact) mass is 379 g/mol. The highest BCUT2D eigenvalue weighted by atomic mass is 32.2. The van der Waals surface area contributed by atoms with Gasteiger partial charge in [0, 0.05) is 31.7 Å². The normalized spacial score (nSPS) is 21.2. The number of carbonyl (C=O) groups is 2. The molecule has 0 aliphatic carbocycles. The van der Waals surface area contributed by atoms with Gasteiger partial charge in [-0.3, -0.25) is 9.59 Å². The highest BCUT2D eigenvalue weighted by Crippen LogP contribution is 2.43. The number of nitrogens with zero attached hydrogens (tertiary/aromatic N) is 3. The third-order valence-electron chi connectivity index (χ3n) is 4.83. The van der Waals surface area contributed by atoms with Crippen molar-refractivity contribution in [3.05, 3.63) is 23.8 Å². The van der Waals surface area contributed by atoms with Crippen LogP contribution in [-0.2, 0) is 9.59 Å². The Balaban J connectivity index is 1.78. The van der Waals surface area contributed by atoms with Gasteiger partial charge in [-0.2, -0.15) is 0 Å². The average molecular weight is 379 g/mol. The number of hydrogen-bond donors (Lipinski definition) is 0. The molecule has 2 aliphatic heterocycles. The fourth-order valence-electron chi connectivity index (χ4n) is 3.22. The quantitative estimate of drug-likeness (QED) is 0.762. The molecule has 142 valence electrons. The van der Waals surface area contributed by atoms with E-state index in [4.69, 9.17) is 9.47 Å². The first-order chi connectivity index (χ1) is 12.5. The standard InChI is InChI=1S/C18H25N3O4S/c1-19-6-8-20(9-7-19)16(22)11-21-17(23)12-26-18(21)14-10-13(24-2)4-5-15(14)25-3/h4-5,10,18H,6-9,11-12H2,1-3H3/t18-/m0/s1.